The maximum absolute atomic E-state index is 13.3. The van der Waals surface area contributed by atoms with Gasteiger partial charge in [0.1, 0.15) is 0 Å². The average molecular weight is 432 g/mol. The molecule has 32 heavy (non-hydrogen) atoms. The van der Waals surface area contributed by atoms with Gasteiger partial charge in [-0.3, -0.25) is 4.79 Å². The summed E-state index contributed by atoms with van der Waals surface area (Å²) in [6.07, 6.45) is 5.19. The van der Waals surface area contributed by atoms with E-state index in [4.69, 9.17) is 0 Å². The molecule has 1 heterocycles. The highest BCUT2D eigenvalue weighted by atomic mass is 16.2. The normalized spacial score (nSPS) is 27.0. The van der Waals surface area contributed by atoms with Crippen LogP contribution < -0.4 is 10.6 Å². The van der Waals surface area contributed by atoms with Crippen LogP contribution in [0.4, 0.5) is 10.5 Å². The van der Waals surface area contributed by atoms with Crippen molar-refractivity contribution in [3.8, 4) is 0 Å². The monoisotopic (exact) mass is 431 g/mol. The molecule has 0 spiro atoms. The van der Waals surface area contributed by atoms with Crippen LogP contribution in [-0.4, -0.2) is 29.4 Å². The fourth-order valence-electron chi connectivity index (χ4n) is 6.31. The SMILES string of the molecule is CC1(C)CC2CC(C)(CN2C(=O)c2ccc(C3(NC(=O)Nc4ccccc4)CC3)cc2)C1. The van der Waals surface area contributed by atoms with E-state index < -0.39 is 0 Å². The van der Waals surface area contributed by atoms with Gasteiger partial charge in [-0.2, -0.15) is 0 Å². The lowest BCUT2D eigenvalue weighted by molar-refractivity contribution is 0.0708. The molecular weight excluding hydrogens is 398 g/mol. The predicted molar refractivity (Wildman–Crippen MR) is 127 cm³/mol. The molecule has 5 rings (SSSR count). The summed E-state index contributed by atoms with van der Waals surface area (Å²) in [6.45, 7) is 7.85. The zero-order chi connectivity index (χ0) is 22.6. The number of benzene rings is 2. The van der Waals surface area contributed by atoms with Crippen LogP contribution in [0.5, 0.6) is 0 Å². The number of carbonyl (C=O) groups excluding carboxylic acids is 2. The molecule has 5 nitrogen and oxygen atoms in total. The molecule has 2 N–H and O–H groups in total. The number of nitrogens with one attached hydrogen (secondary N) is 2. The number of para-hydroxylation sites is 1. The Bertz CT molecular complexity index is 1030. The van der Waals surface area contributed by atoms with Gasteiger partial charge in [0.25, 0.3) is 5.91 Å². The van der Waals surface area contributed by atoms with Crippen molar-refractivity contribution in [3.63, 3.8) is 0 Å². The Morgan fingerprint density at radius 3 is 2.28 bits per heavy atom. The first-order valence-electron chi connectivity index (χ1n) is 11.7. The number of likely N-dealkylation sites (tertiary alicyclic amines) is 1. The lowest BCUT2D eigenvalue weighted by Gasteiger charge is -2.39. The van der Waals surface area contributed by atoms with Crippen LogP contribution in [0.1, 0.15) is 68.8 Å². The van der Waals surface area contributed by atoms with Gasteiger partial charge in [-0.1, -0.05) is 51.1 Å². The zero-order valence-electron chi connectivity index (χ0n) is 19.3. The third-order valence-corrected chi connectivity index (χ3v) is 7.49. The Morgan fingerprint density at radius 2 is 1.62 bits per heavy atom. The molecule has 1 saturated heterocycles. The van der Waals surface area contributed by atoms with Gasteiger partial charge in [-0.05, 0) is 72.8 Å². The quantitative estimate of drug-likeness (QED) is 0.668. The molecule has 2 atom stereocenters. The van der Waals surface area contributed by atoms with E-state index in [0.29, 0.717) is 11.5 Å². The van der Waals surface area contributed by atoms with E-state index in [1.165, 1.54) is 6.42 Å². The number of amides is 3. The number of rotatable bonds is 4. The summed E-state index contributed by atoms with van der Waals surface area (Å²) >= 11 is 0. The van der Waals surface area contributed by atoms with Gasteiger partial charge in [0.05, 0.1) is 5.54 Å². The maximum atomic E-state index is 13.3. The fourth-order valence-corrected chi connectivity index (χ4v) is 6.31. The molecule has 2 saturated carbocycles. The summed E-state index contributed by atoms with van der Waals surface area (Å²) in [6, 6.07) is 17.5. The largest absolute Gasteiger partial charge is 0.335 e. The Balaban J connectivity index is 1.26. The summed E-state index contributed by atoms with van der Waals surface area (Å²) in [5.41, 5.74) is 2.77. The standard InChI is InChI=1S/C27H33N3O2/c1-25(2)15-22-16-26(3,17-25)18-30(22)23(31)19-9-11-20(12-10-19)27(13-14-27)29-24(32)28-21-7-5-4-6-8-21/h4-12,22H,13-18H2,1-3H3,(H2,28,29,32). The third kappa shape index (κ3) is 4.01. The Labute approximate surface area is 190 Å². The van der Waals surface area contributed by atoms with E-state index >= 15 is 0 Å². The van der Waals surface area contributed by atoms with Crippen molar-refractivity contribution in [2.24, 2.45) is 10.8 Å². The minimum Gasteiger partial charge on any atom is -0.335 e. The van der Waals surface area contributed by atoms with Crippen LogP contribution in [0.2, 0.25) is 0 Å². The van der Waals surface area contributed by atoms with Crippen LogP contribution in [0, 0.1) is 10.8 Å². The third-order valence-electron chi connectivity index (χ3n) is 7.49. The number of fused-ring (bicyclic) bond motifs is 2. The number of urea groups is 1. The molecule has 2 aliphatic carbocycles. The van der Waals surface area contributed by atoms with E-state index in [1.807, 2.05) is 54.6 Å². The van der Waals surface area contributed by atoms with Crippen molar-refractivity contribution in [3.05, 3.63) is 65.7 Å². The van der Waals surface area contributed by atoms with Gasteiger partial charge in [0, 0.05) is 23.8 Å². The van der Waals surface area contributed by atoms with Crippen LogP contribution in [0.15, 0.2) is 54.6 Å². The molecular formula is C27H33N3O2. The highest BCUT2D eigenvalue weighted by Gasteiger charge is 2.51. The van der Waals surface area contributed by atoms with Crippen molar-refractivity contribution in [2.45, 2.75) is 64.5 Å². The number of carbonyl (C=O) groups is 2. The van der Waals surface area contributed by atoms with E-state index in [9.17, 15) is 9.59 Å². The molecule has 0 radical (unpaired) electrons. The van der Waals surface area contributed by atoms with E-state index in [-0.39, 0.29) is 22.9 Å². The molecule has 3 aliphatic rings. The smallest absolute Gasteiger partial charge is 0.319 e. The van der Waals surface area contributed by atoms with Gasteiger partial charge in [-0.25, -0.2) is 4.79 Å². The maximum Gasteiger partial charge on any atom is 0.319 e. The molecule has 168 valence electrons. The topological polar surface area (TPSA) is 61.4 Å². The summed E-state index contributed by atoms with van der Waals surface area (Å²) in [7, 11) is 0. The van der Waals surface area contributed by atoms with E-state index in [1.54, 1.807) is 0 Å². The summed E-state index contributed by atoms with van der Waals surface area (Å²) < 4.78 is 0. The lowest BCUT2D eigenvalue weighted by atomic mass is 9.65. The van der Waals surface area contributed by atoms with Crippen molar-refractivity contribution in [2.75, 3.05) is 11.9 Å². The van der Waals surface area contributed by atoms with Crippen LogP contribution in [0.25, 0.3) is 0 Å². The number of hydrogen-bond donors (Lipinski definition) is 2. The first-order chi connectivity index (χ1) is 15.2. The molecule has 2 unspecified atom stereocenters. The van der Waals surface area contributed by atoms with Gasteiger partial charge in [0.15, 0.2) is 0 Å². The molecule has 0 aromatic heterocycles. The molecule has 2 aromatic rings. The van der Waals surface area contributed by atoms with Gasteiger partial charge < -0.3 is 15.5 Å². The van der Waals surface area contributed by atoms with Crippen molar-refractivity contribution < 1.29 is 9.59 Å². The van der Waals surface area contributed by atoms with Crippen molar-refractivity contribution in [1.29, 1.82) is 0 Å². The number of nitrogens with zero attached hydrogens (tertiary/aromatic N) is 1. The zero-order valence-corrected chi connectivity index (χ0v) is 19.3. The molecule has 2 aromatic carbocycles. The van der Waals surface area contributed by atoms with E-state index in [2.05, 4.69) is 36.3 Å². The predicted octanol–water partition coefficient (Wildman–Crippen LogP) is 5.54. The first-order valence-corrected chi connectivity index (χ1v) is 11.7. The Hall–Kier alpha value is -2.82. The first kappa shape index (κ1) is 21.0. The summed E-state index contributed by atoms with van der Waals surface area (Å²) in [5.74, 6) is 0.141. The summed E-state index contributed by atoms with van der Waals surface area (Å²) in [5, 5.41) is 6.03. The minimum atomic E-state index is -0.331. The van der Waals surface area contributed by atoms with Crippen molar-refractivity contribution in [1.82, 2.24) is 10.2 Å². The van der Waals surface area contributed by atoms with Gasteiger partial charge in [-0.15, -0.1) is 0 Å². The molecule has 3 fully saturated rings. The van der Waals surface area contributed by atoms with Crippen LogP contribution >= 0.6 is 0 Å². The average Bonchev–Trinajstić information content (AvgIpc) is 3.46. The highest BCUT2D eigenvalue weighted by molar-refractivity contribution is 5.95. The second kappa shape index (κ2) is 7.36. The second-order valence-corrected chi connectivity index (χ2v) is 11.3. The Morgan fingerprint density at radius 1 is 0.938 bits per heavy atom. The molecule has 2 bridgehead atoms. The number of anilines is 1. The van der Waals surface area contributed by atoms with Gasteiger partial charge >= 0.3 is 6.03 Å². The number of hydrogen-bond acceptors (Lipinski definition) is 2. The second-order valence-electron chi connectivity index (χ2n) is 11.3. The fraction of sp³-hybridized carbons (Fsp3) is 0.481. The van der Waals surface area contributed by atoms with Crippen LogP contribution in [0.3, 0.4) is 0 Å². The molecule has 5 heteroatoms. The minimum absolute atomic E-state index is 0.141. The Kier molecular flexibility index (Phi) is 4.84. The summed E-state index contributed by atoms with van der Waals surface area (Å²) in [4.78, 5) is 28.0. The van der Waals surface area contributed by atoms with Crippen LogP contribution in [-0.2, 0) is 5.54 Å². The van der Waals surface area contributed by atoms with Crippen molar-refractivity contribution >= 4 is 17.6 Å². The molecule has 1 aliphatic heterocycles. The lowest BCUT2D eigenvalue weighted by Crippen LogP contribution is -2.38. The molecule has 3 amide bonds. The van der Waals surface area contributed by atoms with Gasteiger partial charge in [0.2, 0.25) is 0 Å². The van der Waals surface area contributed by atoms with E-state index in [0.717, 1.165) is 49.0 Å². The highest BCUT2D eigenvalue weighted by Crippen LogP contribution is 2.52.